The summed E-state index contributed by atoms with van der Waals surface area (Å²) in [7, 11) is 3.34. The Hall–Kier alpha value is -1.30. The Balaban J connectivity index is 1.82. The molecule has 118 valence electrons. The SMILES string of the molecule is CCN1CCOC(CNCc2cc(OC)cc(OC)c2)C1. The molecule has 1 unspecified atom stereocenters. The fourth-order valence-electron chi connectivity index (χ4n) is 2.54. The van der Waals surface area contributed by atoms with Crippen LogP contribution in [-0.4, -0.2) is 58.0 Å². The van der Waals surface area contributed by atoms with Crippen molar-refractivity contribution in [1.82, 2.24) is 10.2 Å². The summed E-state index contributed by atoms with van der Waals surface area (Å²) in [5.74, 6) is 1.63. The molecule has 2 rings (SSSR count). The maximum Gasteiger partial charge on any atom is 0.122 e. The molecule has 5 nitrogen and oxygen atoms in total. The maximum absolute atomic E-state index is 5.78. The van der Waals surface area contributed by atoms with Crippen molar-refractivity contribution >= 4 is 0 Å². The van der Waals surface area contributed by atoms with Crippen LogP contribution in [-0.2, 0) is 11.3 Å². The number of benzene rings is 1. The number of likely N-dealkylation sites (N-methyl/N-ethyl adjacent to an activating group) is 1. The molecule has 5 heteroatoms. The molecule has 0 aromatic heterocycles. The molecule has 1 heterocycles. The van der Waals surface area contributed by atoms with Gasteiger partial charge in [-0.2, -0.15) is 0 Å². The Morgan fingerprint density at radius 1 is 1.24 bits per heavy atom. The lowest BCUT2D eigenvalue weighted by Crippen LogP contribution is -2.46. The van der Waals surface area contributed by atoms with Crippen LogP contribution in [0.5, 0.6) is 11.5 Å². The van der Waals surface area contributed by atoms with Gasteiger partial charge in [-0.25, -0.2) is 0 Å². The van der Waals surface area contributed by atoms with Crippen LogP contribution in [0.2, 0.25) is 0 Å². The monoisotopic (exact) mass is 294 g/mol. The van der Waals surface area contributed by atoms with E-state index in [1.165, 1.54) is 0 Å². The van der Waals surface area contributed by atoms with Crippen LogP contribution in [0.3, 0.4) is 0 Å². The largest absolute Gasteiger partial charge is 0.497 e. The number of hydrogen-bond donors (Lipinski definition) is 1. The normalized spacial score (nSPS) is 19.5. The smallest absolute Gasteiger partial charge is 0.122 e. The Morgan fingerprint density at radius 2 is 1.95 bits per heavy atom. The quantitative estimate of drug-likeness (QED) is 0.826. The van der Waals surface area contributed by atoms with Crippen LogP contribution >= 0.6 is 0 Å². The van der Waals surface area contributed by atoms with Crippen LogP contribution in [0.4, 0.5) is 0 Å². The summed E-state index contributed by atoms with van der Waals surface area (Å²) < 4.78 is 16.4. The summed E-state index contributed by atoms with van der Waals surface area (Å²) in [4.78, 5) is 2.42. The molecule has 0 bridgehead atoms. The van der Waals surface area contributed by atoms with Crippen LogP contribution in [0.25, 0.3) is 0 Å². The molecule has 0 saturated carbocycles. The molecule has 1 aliphatic rings. The highest BCUT2D eigenvalue weighted by atomic mass is 16.5. The maximum atomic E-state index is 5.78. The Bertz CT molecular complexity index is 417. The molecule has 0 spiro atoms. The highest BCUT2D eigenvalue weighted by Gasteiger charge is 2.18. The minimum atomic E-state index is 0.270. The van der Waals surface area contributed by atoms with Crippen molar-refractivity contribution in [3.63, 3.8) is 0 Å². The molecule has 21 heavy (non-hydrogen) atoms. The van der Waals surface area contributed by atoms with Gasteiger partial charge in [0.2, 0.25) is 0 Å². The summed E-state index contributed by atoms with van der Waals surface area (Å²) in [6, 6.07) is 5.93. The van der Waals surface area contributed by atoms with Gasteiger partial charge in [0.15, 0.2) is 0 Å². The first-order valence-electron chi connectivity index (χ1n) is 7.51. The van der Waals surface area contributed by atoms with Crippen LogP contribution in [0.15, 0.2) is 18.2 Å². The summed E-state index contributed by atoms with van der Waals surface area (Å²) >= 11 is 0. The zero-order valence-electron chi connectivity index (χ0n) is 13.2. The minimum Gasteiger partial charge on any atom is -0.497 e. The Morgan fingerprint density at radius 3 is 2.57 bits per heavy atom. The van der Waals surface area contributed by atoms with Crippen molar-refractivity contribution < 1.29 is 14.2 Å². The molecule has 1 atom stereocenters. The van der Waals surface area contributed by atoms with Crippen molar-refractivity contribution in [3.8, 4) is 11.5 Å². The zero-order chi connectivity index (χ0) is 15.1. The van der Waals surface area contributed by atoms with E-state index in [2.05, 4.69) is 17.1 Å². The first kappa shape index (κ1) is 16.1. The van der Waals surface area contributed by atoms with Crippen LogP contribution < -0.4 is 14.8 Å². The standard InChI is InChI=1S/C16H26N2O3/c1-4-18-5-6-21-16(12-18)11-17-10-13-7-14(19-2)9-15(8-13)20-3/h7-9,16-17H,4-6,10-12H2,1-3H3. The fraction of sp³-hybridized carbons (Fsp3) is 0.625. The molecular formula is C16H26N2O3. The van der Waals surface area contributed by atoms with Crippen molar-refractivity contribution in [2.75, 3.05) is 47.0 Å². The van der Waals surface area contributed by atoms with Crippen molar-refractivity contribution in [2.45, 2.75) is 19.6 Å². The van der Waals surface area contributed by atoms with Gasteiger partial charge in [-0.05, 0) is 24.2 Å². The lowest BCUT2D eigenvalue weighted by atomic mass is 10.2. The third kappa shape index (κ3) is 4.88. The summed E-state index contributed by atoms with van der Waals surface area (Å²) in [6.45, 7) is 7.79. The molecule has 0 aliphatic carbocycles. The second kappa shape index (κ2) is 8.22. The molecule has 1 fully saturated rings. The number of methoxy groups -OCH3 is 2. The second-order valence-electron chi connectivity index (χ2n) is 5.24. The second-order valence-corrected chi connectivity index (χ2v) is 5.24. The van der Waals surface area contributed by atoms with Gasteiger partial charge in [-0.1, -0.05) is 6.92 Å². The third-order valence-corrected chi connectivity index (χ3v) is 3.78. The predicted octanol–water partition coefficient (Wildman–Crippen LogP) is 1.51. The average Bonchev–Trinajstić information content (AvgIpc) is 2.54. The van der Waals surface area contributed by atoms with Crippen molar-refractivity contribution in [1.29, 1.82) is 0 Å². The van der Waals surface area contributed by atoms with E-state index in [1.54, 1.807) is 14.2 Å². The first-order chi connectivity index (χ1) is 10.2. The van der Waals surface area contributed by atoms with E-state index in [0.717, 1.165) is 56.4 Å². The van der Waals surface area contributed by atoms with Crippen LogP contribution in [0.1, 0.15) is 12.5 Å². The number of morpholine rings is 1. The van der Waals surface area contributed by atoms with Gasteiger partial charge in [-0.3, -0.25) is 4.90 Å². The fourth-order valence-corrected chi connectivity index (χ4v) is 2.54. The number of hydrogen-bond acceptors (Lipinski definition) is 5. The number of nitrogens with one attached hydrogen (secondary N) is 1. The zero-order valence-corrected chi connectivity index (χ0v) is 13.2. The molecule has 0 radical (unpaired) electrons. The van der Waals surface area contributed by atoms with Gasteiger partial charge in [0.1, 0.15) is 11.5 Å². The predicted molar refractivity (Wildman–Crippen MR) is 83.1 cm³/mol. The average molecular weight is 294 g/mol. The number of ether oxygens (including phenoxy) is 3. The molecule has 1 aliphatic heterocycles. The first-order valence-corrected chi connectivity index (χ1v) is 7.51. The highest BCUT2D eigenvalue weighted by molar-refractivity contribution is 5.38. The third-order valence-electron chi connectivity index (χ3n) is 3.78. The lowest BCUT2D eigenvalue weighted by Gasteiger charge is -2.32. The molecule has 0 amide bonds. The van der Waals surface area contributed by atoms with Gasteiger partial charge < -0.3 is 19.5 Å². The number of rotatable bonds is 7. The van der Waals surface area contributed by atoms with E-state index >= 15 is 0 Å². The molecule has 1 aromatic carbocycles. The minimum absolute atomic E-state index is 0.270. The van der Waals surface area contributed by atoms with E-state index in [9.17, 15) is 0 Å². The van der Waals surface area contributed by atoms with Gasteiger partial charge >= 0.3 is 0 Å². The lowest BCUT2D eigenvalue weighted by molar-refractivity contribution is -0.0253. The topological polar surface area (TPSA) is 43.0 Å². The van der Waals surface area contributed by atoms with E-state index in [4.69, 9.17) is 14.2 Å². The number of nitrogens with zero attached hydrogens (tertiary/aromatic N) is 1. The summed E-state index contributed by atoms with van der Waals surface area (Å²) in [5, 5.41) is 3.46. The van der Waals surface area contributed by atoms with E-state index in [0.29, 0.717) is 0 Å². The van der Waals surface area contributed by atoms with Gasteiger partial charge in [0.05, 0.1) is 26.9 Å². The van der Waals surface area contributed by atoms with E-state index < -0.39 is 0 Å². The van der Waals surface area contributed by atoms with Gasteiger partial charge in [0, 0.05) is 32.2 Å². The van der Waals surface area contributed by atoms with E-state index in [-0.39, 0.29) is 6.10 Å². The highest BCUT2D eigenvalue weighted by Crippen LogP contribution is 2.22. The van der Waals surface area contributed by atoms with Crippen LogP contribution in [0, 0.1) is 0 Å². The molecule has 1 N–H and O–H groups in total. The van der Waals surface area contributed by atoms with Crippen molar-refractivity contribution in [2.24, 2.45) is 0 Å². The van der Waals surface area contributed by atoms with Crippen molar-refractivity contribution in [3.05, 3.63) is 23.8 Å². The molecule has 1 saturated heterocycles. The summed E-state index contributed by atoms with van der Waals surface area (Å²) in [5.41, 5.74) is 1.15. The summed E-state index contributed by atoms with van der Waals surface area (Å²) in [6.07, 6.45) is 0.270. The molecule has 1 aromatic rings. The molecular weight excluding hydrogens is 268 g/mol. The Kier molecular flexibility index (Phi) is 6.29. The van der Waals surface area contributed by atoms with E-state index in [1.807, 2.05) is 18.2 Å². The Labute approximate surface area is 127 Å². The van der Waals surface area contributed by atoms with Gasteiger partial charge in [0.25, 0.3) is 0 Å². The van der Waals surface area contributed by atoms with Gasteiger partial charge in [-0.15, -0.1) is 0 Å².